The predicted octanol–water partition coefficient (Wildman–Crippen LogP) is 4.89. The van der Waals surface area contributed by atoms with E-state index < -0.39 is 0 Å². The second-order valence-corrected chi connectivity index (χ2v) is 6.64. The van der Waals surface area contributed by atoms with Gasteiger partial charge in [0.2, 0.25) is 11.8 Å². The number of aromatic nitrogens is 4. The lowest BCUT2D eigenvalue weighted by Gasteiger charge is -2.10. The molecule has 0 spiro atoms. The van der Waals surface area contributed by atoms with Crippen molar-refractivity contribution in [3.05, 3.63) is 71.1 Å². The summed E-state index contributed by atoms with van der Waals surface area (Å²) >= 11 is 5.96. The zero-order chi connectivity index (χ0) is 20.2. The summed E-state index contributed by atoms with van der Waals surface area (Å²) in [6, 6.07) is 13.6. The van der Waals surface area contributed by atoms with Crippen molar-refractivity contribution in [2.75, 3.05) is 11.9 Å². The summed E-state index contributed by atoms with van der Waals surface area (Å²) in [6.45, 7) is 2.74. The number of nitrogens with one attached hydrogen (secondary N) is 1. The molecule has 4 rings (SSSR count). The SMILES string of the molecule is CCOc1nc(NCc2ccc(F)cc2)nc2ncc(-c3ccc(Cl)cc3)nc12. The highest BCUT2D eigenvalue weighted by atomic mass is 35.5. The van der Waals surface area contributed by atoms with Gasteiger partial charge in [-0.1, -0.05) is 35.9 Å². The molecule has 146 valence electrons. The van der Waals surface area contributed by atoms with Gasteiger partial charge in [-0.05, 0) is 36.8 Å². The molecule has 6 nitrogen and oxygen atoms in total. The lowest BCUT2D eigenvalue weighted by molar-refractivity contribution is 0.330. The summed E-state index contributed by atoms with van der Waals surface area (Å²) in [6.07, 6.45) is 1.65. The Morgan fingerprint density at radius 3 is 2.48 bits per heavy atom. The summed E-state index contributed by atoms with van der Waals surface area (Å²) < 4.78 is 18.7. The van der Waals surface area contributed by atoms with Gasteiger partial charge in [-0.2, -0.15) is 9.97 Å². The van der Waals surface area contributed by atoms with E-state index in [9.17, 15) is 4.39 Å². The third kappa shape index (κ3) is 4.41. The van der Waals surface area contributed by atoms with E-state index in [4.69, 9.17) is 16.3 Å². The number of nitrogens with zero attached hydrogens (tertiary/aromatic N) is 4. The molecule has 0 aliphatic rings. The number of fused-ring (bicyclic) bond motifs is 1. The Balaban J connectivity index is 1.66. The van der Waals surface area contributed by atoms with Gasteiger partial charge in [-0.3, -0.25) is 0 Å². The predicted molar refractivity (Wildman–Crippen MR) is 110 cm³/mol. The number of ether oxygens (including phenoxy) is 1. The van der Waals surface area contributed by atoms with Crippen LogP contribution in [0.3, 0.4) is 0 Å². The molecule has 2 aromatic carbocycles. The van der Waals surface area contributed by atoms with Crippen molar-refractivity contribution in [1.29, 1.82) is 0 Å². The van der Waals surface area contributed by atoms with Crippen LogP contribution < -0.4 is 10.1 Å². The molecule has 2 heterocycles. The van der Waals surface area contributed by atoms with E-state index in [2.05, 4.69) is 25.3 Å². The Morgan fingerprint density at radius 1 is 1.00 bits per heavy atom. The van der Waals surface area contributed by atoms with Gasteiger partial charge >= 0.3 is 0 Å². The summed E-state index contributed by atoms with van der Waals surface area (Å²) in [7, 11) is 0. The minimum atomic E-state index is -0.277. The number of halogens is 2. The summed E-state index contributed by atoms with van der Waals surface area (Å²) in [5.74, 6) is 0.433. The van der Waals surface area contributed by atoms with Crippen molar-refractivity contribution in [2.24, 2.45) is 0 Å². The van der Waals surface area contributed by atoms with E-state index in [1.54, 1.807) is 30.5 Å². The Bertz CT molecular complexity index is 1140. The first-order chi connectivity index (χ1) is 14.1. The first kappa shape index (κ1) is 19.0. The molecule has 0 bridgehead atoms. The number of hydrogen-bond acceptors (Lipinski definition) is 6. The molecule has 0 fully saturated rings. The molecule has 1 N–H and O–H groups in total. The van der Waals surface area contributed by atoms with Gasteiger partial charge < -0.3 is 10.1 Å². The van der Waals surface area contributed by atoms with E-state index >= 15 is 0 Å². The highest BCUT2D eigenvalue weighted by Crippen LogP contribution is 2.25. The van der Waals surface area contributed by atoms with Crippen LogP contribution in [0, 0.1) is 5.82 Å². The van der Waals surface area contributed by atoms with Gasteiger partial charge in [0, 0.05) is 17.1 Å². The average Bonchev–Trinajstić information content (AvgIpc) is 2.74. The standard InChI is InChI=1S/C21H17ClFN5O/c1-2-29-20-18-19(24-12-17(26-18)14-5-7-15(22)8-6-14)27-21(28-20)25-11-13-3-9-16(23)10-4-13/h3-10,12H,2,11H2,1H3,(H,24,25,27,28). The third-order valence-electron chi connectivity index (χ3n) is 4.16. The third-order valence-corrected chi connectivity index (χ3v) is 4.41. The second kappa shape index (κ2) is 8.36. The van der Waals surface area contributed by atoms with Gasteiger partial charge in [-0.15, -0.1) is 0 Å². The zero-order valence-electron chi connectivity index (χ0n) is 15.6. The number of hydrogen-bond donors (Lipinski definition) is 1. The summed E-state index contributed by atoms with van der Waals surface area (Å²) in [4.78, 5) is 17.9. The summed E-state index contributed by atoms with van der Waals surface area (Å²) in [5.41, 5.74) is 3.35. The fourth-order valence-corrected chi connectivity index (χ4v) is 2.87. The fourth-order valence-electron chi connectivity index (χ4n) is 2.74. The van der Waals surface area contributed by atoms with Crippen molar-refractivity contribution < 1.29 is 9.13 Å². The van der Waals surface area contributed by atoms with Crippen LogP contribution in [0.2, 0.25) is 5.02 Å². The smallest absolute Gasteiger partial charge is 0.247 e. The lowest BCUT2D eigenvalue weighted by Crippen LogP contribution is -2.07. The summed E-state index contributed by atoms with van der Waals surface area (Å²) in [5, 5.41) is 3.77. The van der Waals surface area contributed by atoms with E-state index in [0.717, 1.165) is 11.1 Å². The molecule has 0 saturated heterocycles. The van der Waals surface area contributed by atoms with Gasteiger partial charge in [-0.25, -0.2) is 14.4 Å². The number of benzene rings is 2. The fraction of sp³-hybridized carbons (Fsp3) is 0.143. The highest BCUT2D eigenvalue weighted by Gasteiger charge is 2.13. The van der Waals surface area contributed by atoms with Crippen LogP contribution in [0.15, 0.2) is 54.7 Å². The maximum Gasteiger partial charge on any atom is 0.247 e. The monoisotopic (exact) mass is 409 g/mol. The van der Waals surface area contributed by atoms with Crippen molar-refractivity contribution >= 4 is 28.7 Å². The molecule has 0 saturated carbocycles. The molecule has 0 atom stereocenters. The molecule has 0 aliphatic heterocycles. The molecule has 4 aromatic rings. The highest BCUT2D eigenvalue weighted by molar-refractivity contribution is 6.30. The average molecular weight is 410 g/mol. The number of anilines is 1. The minimum Gasteiger partial charge on any atom is -0.476 e. The normalized spacial score (nSPS) is 10.9. The minimum absolute atomic E-state index is 0.277. The topological polar surface area (TPSA) is 72.8 Å². The quantitative estimate of drug-likeness (QED) is 0.488. The van der Waals surface area contributed by atoms with Crippen LogP contribution in [-0.2, 0) is 6.54 Å². The molecular weight excluding hydrogens is 393 g/mol. The first-order valence-corrected chi connectivity index (χ1v) is 9.42. The maximum atomic E-state index is 13.1. The number of rotatable bonds is 6. The Labute approximate surface area is 171 Å². The Kier molecular flexibility index (Phi) is 5.48. The van der Waals surface area contributed by atoms with Crippen LogP contribution in [0.25, 0.3) is 22.4 Å². The van der Waals surface area contributed by atoms with Crippen molar-refractivity contribution in [2.45, 2.75) is 13.5 Å². The van der Waals surface area contributed by atoms with Crippen LogP contribution in [0.1, 0.15) is 12.5 Å². The van der Waals surface area contributed by atoms with E-state index in [-0.39, 0.29) is 5.82 Å². The molecule has 0 amide bonds. The van der Waals surface area contributed by atoms with Crippen LogP contribution in [0.5, 0.6) is 5.88 Å². The van der Waals surface area contributed by atoms with Crippen molar-refractivity contribution in [1.82, 2.24) is 19.9 Å². The van der Waals surface area contributed by atoms with Crippen LogP contribution in [0.4, 0.5) is 10.3 Å². The van der Waals surface area contributed by atoms with E-state index in [0.29, 0.717) is 46.9 Å². The van der Waals surface area contributed by atoms with Crippen LogP contribution in [-0.4, -0.2) is 26.5 Å². The first-order valence-electron chi connectivity index (χ1n) is 9.04. The Hall–Kier alpha value is -3.32. The van der Waals surface area contributed by atoms with Crippen LogP contribution >= 0.6 is 11.6 Å². The molecule has 0 radical (unpaired) electrons. The largest absolute Gasteiger partial charge is 0.476 e. The molecule has 29 heavy (non-hydrogen) atoms. The second-order valence-electron chi connectivity index (χ2n) is 6.20. The Morgan fingerprint density at radius 2 is 1.76 bits per heavy atom. The van der Waals surface area contributed by atoms with E-state index in [1.807, 2.05) is 19.1 Å². The van der Waals surface area contributed by atoms with Gasteiger partial charge in [0.25, 0.3) is 0 Å². The molecule has 0 unspecified atom stereocenters. The maximum absolute atomic E-state index is 13.1. The van der Waals surface area contributed by atoms with Crippen molar-refractivity contribution in [3.63, 3.8) is 0 Å². The molecule has 0 aliphatic carbocycles. The molecule has 8 heteroatoms. The van der Waals surface area contributed by atoms with Gasteiger partial charge in [0.15, 0.2) is 11.2 Å². The molecule has 2 aromatic heterocycles. The van der Waals surface area contributed by atoms with E-state index in [1.165, 1.54) is 12.1 Å². The zero-order valence-corrected chi connectivity index (χ0v) is 16.3. The van der Waals surface area contributed by atoms with Gasteiger partial charge in [0.05, 0.1) is 18.5 Å². The van der Waals surface area contributed by atoms with Gasteiger partial charge in [0.1, 0.15) is 5.82 Å². The van der Waals surface area contributed by atoms with Crippen molar-refractivity contribution in [3.8, 4) is 17.1 Å². The molecular formula is C21H17ClFN5O. The lowest BCUT2D eigenvalue weighted by atomic mass is 10.1.